The van der Waals surface area contributed by atoms with Crippen molar-refractivity contribution >= 4 is 8.58 Å². The molecule has 0 aromatic carbocycles. The lowest BCUT2D eigenvalue weighted by Crippen LogP contribution is -1.99. The van der Waals surface area contributed by atoms with E-state index in [1.807, 2.05) is 0 Å². The van der Waals surface area contributed by atoms with Crippen LogP contribution in [0.15, 0.2) is 0 Å². The van der Waals surface area contributed by atoms with Crippen molar-refractivity contribution in [1.29, 1.82) is 0 Å². The summed E-state index contributed by atoms with van der Waals surface area (Å²) in [6.07, 6.45) is 8.55. The van der Waals surface area contributed by atoms with Gasteiger partial charge in [0.05, 0.1) is 5.85 Å². The lowest BCUT2D eigenvalue weighted by Gasteiger charge is -2.08. The number of aliphatic hydroxyl groups is 1. The molecule has 0 saturated heterocycles. The molecular formula is C10H23OP. The van der Waals surface area contributed by atoms with Crippen LogP contribution in [0.5, 0.6) is 0 Å². The molecule has 0 fully saturated rings. The third-order valence-corrected chi connectivity index (χ3v) is 3.39. The highest BCUT2D eigenvalue weighted by Gasteiger charge is 2.01. The molecule has 74 valence electrons. The number of aliphatic hydroxyl groups excluding tert-OH is 1. The Balaban J connectivity index is 3.02. The maximum atomic E-state index is 9.49. The van der Waals surface area contributed by atoms with E-state index in [4.69, 9.17) is 0 Å². The first-order valence-corrected chi connectivity index (χ1v) is 6.51. The van der Waals surface area contributed by atoms with E-state index in [1.54, 1.807) is 0 Å². The number of hydrogen-bond acceptors (Lipinski definition) is 1. The van der Waals surface area contributed by atoms with Gasteiger partial charge in [0.1, 0.15) is 0 Å². The monoisotopic (exact) mass is 190 g/mol. The Morgan fingerprint density at radius 3 is 2.33 bits per heavy atom. The molecule has 0 aliphatic rings. The maximum Gasteiger partial charge on any atom is 0.0702 e. The van der Waals surface area contributed by atoms with Crippen LogP contribution in [-0.4, -0.2) is 17.1 Å². The Kier molecular flexibility index (Phi) is 9.79. The van der Waals surface area contributed by atoms with Gasteiger partial charge in [-0.15, -0.1) is 0 Å². The van der Waals surface area contributed by atoms with Crippen molar-refractivity contribution in [3.8, 4) is 0 Å². The lowest BCUT2D eigenvalue weighted by molar-refractivity contribution is 0.245. The second kappa shape index (κ2) is 9.48. The zero-order chi connectivity index (χ0) is 9.23. The summed E-state index contributed by atoms with van der Waals surface area (Å²) in [5.74, 6) is 0.00167. The molecule has 0 aromatic heterocycles. The fourth-order valence-electron chi connectivity index (χ4n) is 1.14. The summed E-state index contributed by atoms with van der Waals surface area (Å²) in [6.45, 7) is 4.39. The Bertz CT molecular complexity index is 85.9. The van der Waals surface area contributed by atoms with Gasteiger partial charge in [-0.05, 0) is 19.0 Å². The van der Waals surface area contributed by atoms with Crippen LogP contribution in [-0.2, 0) is 0 Å². The van der Waals surface area contributed by atoms with Crippen molar-refractivity contribution in [3.63, 3.8) is 0 Å². The molecule has 1 N–H and O–H groups in total. The van der Waals surface area contributed by atoms with E-state index >= 15 is 0 Å². The third kappa shape index (κ3) is 8.49. The van der Waals surface area contributed by atoms with Gasteiger partial charge >= 0.3 is 0 Å². The first-order chi connectivity index (χ1) is 5.81. The molecule has 0 radical (unpaired) electrons. The Hall–Kier alpha value is 0.390. The standard InChI is InChI=1S/C10H23OP/c1-3-5-7-9-12-10(11)8-6-4-2/h10-12H,3-9H2,1-2H3. The van der Waals surface area contributed by atoms with E-state index in [9.17, 15) is 5.11 Å². The highest BCUT2D eigenvalue weighted by atomic mass is 31.1. The zero-order valence-electron chi connectivity index (χ0n) is 8.47. The van der Waals surface area contributed by atoms with Gasteiger partial charge in [-0.25, -0.2) is 0 Å². The Labute approximate surface area is 78.7 Å². The molecule has 0 aliphatic carbocycles. The summed E-state index contributed by atoms with van der Waals surface area (Å²) in [7, 11) is 0.781. The van der Waals surface area contributed by atoms with Crippen molar-refractivity contribution in [2.24, 2.45) is 0 Å². The highest BCUT2D eigenvalue weighted by Crippen LogP contribution is 2.22. The quantitative estimate of drug-likeness (QED) is 0.459. The average molecular weight is 190 g/mol. The highest BCUT2D eigenvalue weighted by molar-refractivity contribution is 7.38. The Morgan fingerprint density at radius 2 is 1.75 bits per heavy atom. The minimum Gasteiger partial charge on any atom is -0.389 e. The predicted molar refractivity (Wildman–Crippen MR) is 58.2 cm³/mol. The molecule has 0 spiro atoms. The van der Waals surface area contributed by atoms with Crippen molar-refractivity contribution in [2.45, 2.75) is 58.2 Å². The predicted octanol–water partition coefficient (Wildman–Crippen LogP) is 3.36. The van der Waals surface area contributed by atoms with Crippen LogP contribution in [0, 0.1) is 0 Å². The van der Waals surface area contributed by atoms with Crippen LogP contribution in [0.3, 0.4) is 0 Å². The largest absolute Gasteiger partial charge is 0.389 e. The third-order valence-electron chi connectivity index (χ3n) is 1.99. The average Bonchev–Trinajstić information content (AvgIpc) is 2.09. The molecule has 2 unspecified atom stereocenters. The zero-order valence-corrected chi connectivity index (χ0v) is 9.47. The van der Waals surface area contributed by atoms with Gasteiger partial charge in [0.25, 0.3) is 0 Å². The summed E-state index contributed by atoms with van der Waals surface area (Å²) >= 11 is 0. The van der Waals surface area contributed by atoms with Crippen molar-refractivity contribution in [1.82, 2.24) is 0 Å². The van der Waals surface area contributed by atoms with E-state index in [-0.39, 0.29) is 5.85 Å². The molecule has 0 heterocycles. The van der Waals surface area contributed by atoms with E-state index in [0.29, 0.717) is 0 Å². The fourth-order valence-corrected chi connectivity index (χ4v) is 2.34. The molecule has 0 bridgehead atoms. The normalized spacial score (nSPS) is 14.2. The number of rotatable bonds is 8. The topological polar surface area (TPSA) is 20.2 Å². The molecule has 0 aliphatic heterocycles. The smallest absolute Gasteiger partial charge is 0.0702 e. The van der Waals surface area contributed by atoms with E-state index in [1.165, 1.54) is 38.3 Å². The van der Waals surface area contributed by atoms with Gasteiger partial charge in [0.2, 0.25) is 0 Å². The molecule has 12 heavy (non-hydrogen) atoms. The van der Waals surface area contributed by atoms with Crippen LogP contribution in [0.25, 0.3) is 0 Å². The van der Waals surface area contributed by atoms with Gasteiger partial charge in [-0.3, -0.25) is 0 Å². The van der Waals surface area contributed by atoms with Crippen LogP contribution in [0.2, 0.25) is 0 Å². The number of hydrogen-bond donors (Lipinski definition) is 1. The van der Waals surface area contributed by atoms with E-state index in [2.05, 4.69) is 13.8 Å². The second-order valence-electron chi connectivity index (χ2n) is 3.32. The van der Waals surface area contributed by atoms with Gasteiger partial charge in [0.15, 0.2) is 0 Å². The summed E-state index contributed by atoms with van der Waals surface area (Å²) in [5, 5.41) is 9.49. The molecule has 0 amide bonds. The molecule has 2 atom stereocenters. The maximum absolute atomic E-state index is 9.49. The van der Waals surface area contributed by atoms with Crippen LogP contribution in [0.4, 0.5) is 0 Å². The fraction of sp³-hybridized carbons (Fsp3) is 1.00. The summed E-state index contributed by atoms with van der Waals surface area (Å²) in [4.78, 5) is 0. The van der Waals surface area contributed by atoms with Crippen LogP contribution >= 0.6 is 8.58 Å². The minimum absolute atomic E-state index is 0.00167. The van der Waals surface area contributed by atoms with Crippen molar-refractivity contribution in [3.05, 3.63) is 0 Å². The van der Waals surface area contributed by atoms with Crippen LogP contribution in [0.1, 0.15) is 52.4 Å². The molecular weight excluding hydrogens is 167 g/mol. The lowest BCUT2D eigenvalue weighted by atomic mass is 10.3. The molecule has 0 rings (SSSR count). The van der Waals surface area contributed by atoms with Gasteiger partial charge in [-0.1, -0.05) is 48.1 Å². The second-order valence-corrected chi connectivity index (χ2v) is 4.89. The summed E-state index contributed by atoms with van der Waals surface area (Å²) < 4.78 is 0. The first-order valence-electron chi connectivity index (χ1n) is 5.22. The summed E-state index contributed by atoms with van der Waals surface area (Å²) in [5.41, 5.74) is 0. The van der Waals surface area contributed by atoms with Gasteiger partial charge in [0, 0.05) is 0 Å². The van der Waals surface area contributed by atoms with E-state index in [0.717, 1.165) is 15.0 Å². The molecule has 1 nitrogen and oxygen atoms in total. The van der Waals surface area contributed by atoms with Gasteiger partial charge in [-0.2, -0.15) is 0 Å². The summed E-state index contributed by atoms with van der Waals surface area (Å²) in [6, 6.07) is 0. The minimum atomic E-state index is 0.00167. The van der Waals surface area contributed by atoms with Crippen LogP contribution < -0.4 is 0 Å². The van der Waals surface area contributed by atoms with Gasteiger partial charge < -0.3 is 5.11 Å². The van der Waals surface area contributed by atoms with E-state index < -0.39 is 0 Å². The first kappa shape index (κ1) is 12.4. The molecule has 0 aromatic rings. The molecule has 2 heteroatoms. The molecule has 0 saturated carbocycles. The SMILES string of the molecule is CCCCCPC(O)CCCC. The van der Waals surface area contributed by atoms with Crippen molar-refractivity contribution < 1.29 is 5.11 Å². The number of unbranched alkanes of at least 4 members (excludes halogenated alkanes) is 3. The Morgan fingerprint density at radius 1 is 1.08 bits per heavy atom. The van der Waals surface area contributed by atoms with Crippen molar-refractivity contribution in [2.75, 3.05) is 6.16 Å².